The number of aryl methyl sites for hydroxylation is 2. The van der Waals surface area contributed by atoms with E-state index in [4.69, 9.17) is 9.26 Å². The molecule has 0 aliphatic rings. The van der Waals surface area contributed by atoms with Crippen LogP contribution in [-0.4, -0.2) is 25.1 Å². The van der Waals surface area contributed by atoms with Crippen LogP contribution in [0.2, 0.25) is 0 Å². The Bertz CT molecular complexity index is 1060. The van der Waals surface area contributed by atoms with E-state index in [1.807, 2.05) is 62.4 Å². The van der Waals surface area contributed by atoms with E-state index in [9.17, 15) is 0 Å². The van der Waals surface area contributed by atoms with Gasteiger partial charge in [0.05, 0.1) is 0 Å². The van der Waals surface area contributed by atoms with Crippen molar-refractivity contribution in [3.8, 4) is 17.3 Å². The molecular formula is C20H18N6O2. The molecule has 0 aliphatic carbocycles. The minimum absolute atomic E-state index is 0.156. The Labute approximate surface area is 161 Å². The van der Waals surface area contributed by atoms with E-state index in [1.54, 1.807) is 6.20 Å². The number of nitrogens with one attached hydrogen (secondary N) is 1. The van der Waals surface area contributed by atoms with Gasteiger partial charge in [-0.15, -0.1) is 0 Å². The van der Waals surface area contributed by atoms with Gasteiger partial charge in [-0.25, -0.2) is 9.97 Å². The second kappa shape index (κ2) is 7.83. The average molecular weight is 374 g/mol. The largest absolute Gasteiger partial charge is 0.484 e. The summed E-state index contributed by atoms with van der Waals surface area (Å²) in [5.41, 5.74) is 3.28. The lowest BCUT2D eigenvalue weighted by molar-refractivity contribution is 0.243. The maximum absolute atomic E-state index is 5.77. The van der Waals surface area contributed by atoms with Gasteiger partial charge in [-0.05, 0) is 44.2 Å². The molecule has 0 saturated heterocycles. The Morgan fingerprint density at radius 2 is 1.82 bits per heavy atom. The molecule has 1 aromatic carbocycles. The predicted molar refractivity (Wildman–Crippen MR) is 103 cm³/mol. The van der Waals surface area contributed by atoms with Crippen LogP contribution < -0.4 is 10.1 Å². The van der Waals surface area contributed by atoms with Crippen molar-refractivity contribution >= 4 is 11.6 Å². The number of anilines is 2. The zero-order valence-electron chi connectivity index (χ0n) is 15.5. The highest BCUT2D eigenvalue weighted by Gasteiger charge is 2.10. The predicted octanol–water partition coefficient (Wildman–Crippen LogP) is 3.86. The van der Waals surface area contributed by atoms with E-state index >= 15 is 0 Å². The highest BCUT2D eigenvalue weighted by atomic mass is 16.5. The van der Waals surface area contributed by atoms with E-state index in [2.05, 4.69) is 30.4 Å². The first-order chi connectivity index (χ1) is 13.7. The fraction of sp³-hybridized carbons (Fsp3) is 0.150. The fourth-order valence-corrected chi connectivity index (χ4v) is 2.63. The zero-order valence-corrected chi connectivity index (χ0v) is 15.5. The Hall–Kier alpha value is -3.81. The van der Waals surface area contributed by atoms with Crippen molar-refractivity contribution in [2.45, 2.75) is 20.5 Å². The van der Waals surface area contributed by atoms with E-state index in [0.29, 0.717) is 29.1 Å². The first-order valence-electron chi connectivity index (χ1n) is 8.72. The van der Waals surface area contributed by atoms with E-state index in [-0.39, 0.29) is 6.61 Å². The molecule has 3 aromatic heterocycles. The minimum atomic E-state index is 0.156. The van der Waals surface area contributed by atoms with Crippen LogP contribution in [0.3, 0.4) is 0 Å². The monoisotopic (exact) mass is 374 g/mol. The smallest absolute Gasteiger partial charge is 0.264 e. The van der Waals surface area contributed by atoms with Crippen LogP contribution >= 0.6 is 0 Å². The molecule has 3 heterocycles. The van der Waals surface area contributed by atoms with Crippen LogP contribution in [0.5, 0.6) is 5.75 Å². The van der Waals surface area contributed by atoms with Crippen molar-refractivity contribution < 1.29 is 9.26 Å². The molecule has 0 aliphatic heterocycles. The Morgan fingerprint density at radius 3 is 2.61 bits per heavy atom. The number of aromatic nitrogens is 5. The zero-order chi connectivity index (χ0) is 19.3. The van der Waals surface area contributed by atoms with Gasteiger partial charge >= 0.3 is 0 Å². The summed E-state index contributed by atoms with van der Waals surface area (Å²) >= 11 is 0. The Morgan fingerprint density at radius 1 is 0.964 bits per heavy atom. The molecule has 4 rings (SSSR count). The van der Waals surface area contributed by atoms with E-state index in [1.165, 1.54) is 0 Å². The summed E-state index contributed by atoms with van der Waals surface area (Å²) in [6, 6.07) is 15.0. The first kappa shape index (κ1) is 17.6. The van der Waals surface area contributed by atoms with Crippen molar-refractivity contribution in [1.29, 1.82) is 0 Å². The summed E-state index contributed by atoms with van der Waals surface area (Å²) in [5.74, 6) is 2.01. The number of nitrogens with zero attached hydrogens (tertiary/aromatic N) is 5. The highest BCUT2D eigenvalue weighted by Crippen LogP contribution is 2.21. The van der Waals surface area contributed by atoms with Gasteiger partial charge in [-0.3, -0.25) is 4.98 Å². The second-order valence-corrected chi connectivity index (χ2v) is 6.14. The lowest BCUT2D eigenvalue weighted by atomic mass is 10.3. The second-order valence-electron chi connectivity index (χ2n) is 6.14. The van der Waals surface area contributed by atoms with Gasteiger partial charge in [0.1, 0.15) is 11.4 Å². The average Bonchev–Trinajstić information content (AvgIpc) is 3.16. The molecular weight excluding hydrogens is 356 g/mol. The molecule has 0 bridgehead atoms. The van der Waals surface area contributed by atoms with Gasteiger partial charge in [0, 0.05) is 29.3 Å². The van der Waals surface area contributed by atoms with Crippen LogP contribution in [0.1, 0.15) is 17.3 Å². The molecule has 4 aromatic rings. The molecule has 0 unspecified atom stereocenters. The molecule has 28 heavy (non-hydrogen) atoms. The SMILES string of the molecule is Cc1cc(C)nc(Nc2cccc(OCc3nc(-c4ccccn4)no3)c2)n1. The molecule has 1 N–H and O–H groups in total. The topological polar surface area (TPSA) is 98.9 Å². The summed E-state index contributed by atoms with van der Waals surface area (Å²) in [5, 5.41) is 7.12. The maximum Gasteiger partial charge on any atom is 0.264 e. The standard InChI is InChI=1S/C20H18N6O2/c1-13-10-14(2)23-20(22-13)24-15-6-5-7-16(11-15)27-12-18-25-19(26-28-18)17-8-3-4-9-21-17/h3-11H,12H2,1-2H3,(H,22,23,24). The van der Waals surface area contributed by atoms with E-state index in [0.717, 1.165) is 17.1 Å². The van der Waals surface area contributed by atoms with Crippen molar-refractivity contribution in [3.05, 3.63) is 72.0 Å². The molecule has 8 nitrogen and oxygen atoms in total. The third-order valence-corrected chi connectivity index (χ3v) is 3.80. The van der Waals surface area contributed by atoms with Crippen LogP contribution in [0.15, 0.2) is 59.3 Å². The van der Waals surface area contributed by atoms with Crippen LogP contribution in [0.25, 0.3) is 11.5 Å². The minimum Gasteiger partial charge on any atom is -0.484 e. The third-order valence-electron chi connectivity index (χ3n) is 3.80. The number of pyridine rings is 1. The van der Waals surface area contributed by atoms with Crippen molar-refractivity contribution in [3.63, 3.8) is 0 Å². The van der Waals surface area contributed by atoms with Crippen LogP contribution in [0.4, 0.5) is 11.6 Å². The van der Waals surface area contributed by atoms with Gasteiger partial charge in [0.25, 0.3) is 5.89 Å². The Balaban J connectivity index is 1.42. The summed E-state index contributed by atoms with van der Waals surface area (Å²) < 4.78 is 11.0. The van der Waals surface area contributed by atoms with Gasteiger partial charge in [-0.2, -0.15) is 4.98 Å². The van der Waals surface area contributed by atoms with Gasteiger partial charge in [0.15, 0.2) is 6.61 Å². The highest BCUT2D eigenvalue weighted by molar-refractivity contribution is 5.56. The van der Waals surface area contributed by atoms with Crippen LogP contribution in [-0.2, 0) is 6.61 Å². The maximum atomic E-state index is 5.77. The summed E-state index contributed by atoms with van der Waals surface area (Å²) in [4.78, 5) is 17.3. The molecule has 0 radical (unpaired) electrons. The first-order valence-corrected chi connectivity index (χ1v) is 8.72. The quantitative estimate of drug-likeness (QED) is 0.543. The number of hydrogen-bond donors (Lipinski definition) is 1. The molecule has 8 heteroatoms. The van der Waals surface area contributed by atoms with Gasteiger partial charge in [0.2, 0.25) is 11.8 Å². The van der Waals surface area contributed by atoms with E-state index < -0.39 is 0 Å². The normalized spacial score (nSPS) is 10.6. The lowest BCUT2D eigenvalue weighted by Crippen LogP contribution is -2.01. The molecule has 0 saturated carbocycles. The number of ether oxygens (including phenoxy) is 1. The number of rotatable bonds is 6. The molecule has 0 amide bonds. The molecule has 0 spiro atoms. The van der Waals surface area contributed by atoms with Crippen molar-refractivity contribution in [2.75, 3.05) is 5.32 Å². The fourth-order valence-electron chi connectivity index (χ4n) is 2.63. The third kappa shape index (κ3) is 4.29. The molecule has 0 atom stereocenters. The van der Waals surface area contributed by atoms with Gasteiger partial charge in [-0.1, -0.05) is 17.3 Å². The number of hydrogen-bond acceptors (Lipinski definition) is 8. The van der Waals surface area contributed by atoms with Crippen molar-refractivity contribution in [2.24, 2.45) is 0 Å². The number of benzene rings is 1. The Kier molecular flexibility index (Phi) is 4.92. The van der Waals surface area contributed by atoms with Crippen LogP contribution in [0, 0.1) is 13.8 Å². The molecule has 140 valence electrons. The summed E-state index contributed by atoms with van der Waals surface area (Å²) in [6.07, 6.45) is 1.68. The summed E-state index contributed by atoms with van der Waals surface area (Å²) in [7, 11) is 0. The van der Waals surface area contributed by atoms with Crippen molar-refractivity contribution in [1.82, 2.24) is 25.1 Å². The summed E-state index contributed by atoms with van der Waals surface area (Å²) in [6.45, 7) is 4.02. The van der Waals surface area contributed by atoms with Gasteiger partial charge < -0.3 is 14.6 Å². The lowest BCUT2D eigenvalue weighted by Gasteiger charge is -2.09. The molecule has 0 fully saturated rings.